The summed E-state index contributed by atoms with van der Waals surface area (Å²) >= 11 is 1.53. The predicted molar refractivity (Wildman–Crippen MR) is 107 cm³/mol. The molecule has 0 saturated carbocycles. The average molecular weight is 497 g/mol. The van der Waals surface area contributed by atoms with E-state index < -0.39 is 23.1 Å². The van der Waals surface area contributed by atoms with Crippen LogP contribution in [0.3, 0.4) is 0 Å². The van der Waals surface area contributed by atoms with Gasteiger partial charge in [0, 0.05) is 11.8 Å². The van der Waals surface area contributed by atoms with E-state index in [9.17, 15) is 18.4 Å². The summed E-state index contributed by atoms with van der Waals surface area (Å²) in [6, 6.07) is 13.5. The van der Waals surface area contributed by atoms with E-state index in [-0.39, 0.29) is 28.1 Å². The fourth-order valence-electron chi connectivity index (χ4n) is 2.32. The van der Waals surface area contributed by atoms with E-state index >= 15 is 0 Å². The molecular weight excluding hydrogens is 483 g/mol. The molecule has 0 aliphatic rings. The second-order valence-corrected chi connectivity index (χ2v) is 6.73. The maximum atomic E-state index is 13.6. The lowest BCUT2D eigenvalue weighted by molar-refractivity contribution is 0.101. The summed E-state index contributed by atoms with van der Waals surface area (Å²) in [6.45, 7) is 0.303. The Labute approximate surface area is 172 Å². The number of nitrogens with zero attached hydrogens (tertiary/aromatic N) is 2. The number of amides is 1. The van der Waals surface area contributed by atoms with Gasteiger partial charge in [-0.05, 0) is 52.9 Å². The number of para-hydroxylation sites is 1. The number of halogens is 3. The number of rotatable bonds is 6. The summed E-state index contributed by atoms with van der Waals surface area (Å²) in [5.41, 5.74) is -0.523. The summed E-state index contributed by atoms with van der Waals surface area (Å²) in [6.07, 6.45) is 0. The van der Waals surface area contributed by atoms with Crippen molar-refractivity contribution in [2.45, 2.75) is 6.54 Å². The van der Waals surface area contributed by atoms with Crippen LogP contribution in [0.25, 0.3) is 0 Å². The molecule has 0 saturated heterocycles. The Balaban J connectivity index is 1.69. The van der Waals surface area contributed by atoms with Crippen molar-refractivity contribution in [3.05, 3.63) is 85.8 Å². The first-order chi connectivity index (χ1) is 13.4. The van der Waals surface area contributed by atoms with Crippen molar-refractivity contribution in [1.29, 1.82) is 0 Å². The second-order valence-electron chi connectivity index (χ2n) is 5.65. The van der Waals surface area contributed by atoms with Crippen molar-refractivity contribution in [1.82, 2.24) is 9.78 Å². The first-order valence-corrected chi connectivity index (χ1v) is 9.24. The summed E-state index contributed by atoms with van der Waals surface area (Å²) in [5.74, 6) is -1.62. The molecule has 3 aromatic rings. The number of nitrogens with one attached hydrogen (secondary N) is 1. The average Bonchev–Trinajstić information content (AvgIpc) is 2.68. The molecule has 1 N–H and O–H groups in total. The van der Waals surface area contributed by atoms with Gasteiger partial charge in [-0.2, -0.15) is 5.10 Å². The zero-order valence-electron chi connectivity index (χ0n) is 14.4. The zero-order valence-corrected chi connectivity index (χ0v) is 16.5. The molecule has 1 aromatic heterocycles. The summed E-state index contributed by atoms with van der Waals surface area (Å²) in [7, 11) is 0. The van der Waals surface area contributed by atoms with Crippen LogP contribution in [0.1, 0.15) is 10.5 Å². The summed E-state index contributed by atoms with van der Waals surface area (Å²) in [5, 5.41) is 6.35. The monoisotopic (exact) mass is 497 g/mol. The summed E-state index contributed by atoms with van der Waals surface area (Å²) < 4.78 is 33.7. The standard InChI is InChI=1S/C19H14F2IN3O3/c20-14-10-12(11-15(21)18(14)22)23-19(27)16-6-7-17(26)25(24-16)8-9-28-13-4-2-1-3-5-13/h1-7,10-11H,8-9H2,(H,23,27). The van der Waals surface area contributed by atoms with E-state index in [0.29, 0.717) is 5.75 Å². The van der Waals surface area contributed by atoms with Crippen molar-refractivity contribution < 1.29 is 18.3 Å². The number of aromatic nitrogens is 2. The highest BCUT2D eigenvalue weighted by Gasteiger charge is 2.13. The molecule has 1 heterocycles. The fourth-order valence-corrected chi connectivity index (χ4v) is 2.63. The quantitative estimate of drug-likeness (QED) is 0.419. The molecule has 0 fully saturated rings. The van der Waals surface area contributed by atoms with Gasteiger partial charge in [0.05, 0.1) is 10.1 Å². The van der Waals surface area contributed by atoms with Gasteiger partial charge in [-0.15, -0.1) is 0 Å². The van der Waals surface area contributed by atoms with Crippen molar-refractivity contribution in [2.24, 2.45) is 0 Å². The molecule has 9 heteroatoms. The Bertz CT molecular complexity index is 1030. The first kappa shape index (κ1) is 19.9. The van der Waals surface area contributed by atoms with Crippen LogP contribution < -0.4 is 15.6 Å². The molecule has 28 heavy (non-hydrogen) atoms. The van der Waals surface area contributed by atoms with Crippen LogP contribution in [0.5, 0.6) is 5.75 Å². The SMILES string of the molecule is O=C(Nc1cc(F)c(I)c(F)c1)c1ccc(=O)n(CCOc2ccccc2)n1. The van der Waals surface area contributed by atoms with E-state index in [1.807, 2.05) is 18.2 Å². The Morgan fingerprint density at radius 3 is 2.46 bits per heavy atom. The molecular formula is C19H14F2IN3O3. The highest BCUT2D eigenvalue weighted by molar-refractivity contribution is 14.1. The minimum Gasteiger partial charge on any atom is -0.492 e. The molecule has 0 radical (unpaired) electrons. The van der Waals surface area contributed by atoms with E-state index in [0.717, 1.165) is 16.8 Å². The molecule has 0 unspecified atom stereocenters. The number of ether oxygens (including phenoxy) is 1. The maximum Gasteiger partial charge on any atom is 0.276 e. The van der Waals surface area contributed by atoms with E-state index in [1.54, 1.807) is 12.1 Å². The second kappa shape index (κ2) is 8.91. The highest BCUT2D eigenvalue weighted by Crippen LogP contribution is 2.20. The van der Waals surface area contributed by atoms with Gasteiger partial charge in [-0.3, -0.25) is 9.59 Å². The smallest absolute Gasteiger partial charge is 0.276 e. The predicted octanol–water partition coefficient (Wildman–Crippen LogP) is 3.46. The molecule has 6 nitrogen and oxygen atoms in total. The van der Waals surface area contributed by atoms with Crippen molar-refractivity contribution in [3.63, 3.8) is 0 Å². The normalized spacial score (nSPS) is 10.5. The fraction of sp³-hybridized carbons (Fsp3) is 0.105. The van der Waals surface area contributed by atoms with Crippen LogP contribution in [0.2, 0.25) is 0 Å². The molecule has 144 valence electrons. The van der Waals surface area contributed by atoms with Crippen LogP contribution >= 0.6 is 22.6 Å². The zero-order chi connectivity index (χ0) is 20.1. The Hall–Kier alpha value is -2.82. The highest BCUT2D eigenvalue weighted by atomic mass is 127. The van der Waals surface area contributed by atoms with Crippen molar-refractivity contribution >= 4 is 34.2 Å². The van der Waals surface area contributed by atoms with Crippen LogP contribution in [-0.2, 0) is 6.54 Å². The number of anilines is 1. The third-order valence-corrected chi connectivity index (χ3v) is 4.69. The van der Waals surface area contributed by atoms with Crippen LogP contribution in [0.4, 0.5) is 14.5 Å². The third kappa shape index (κ3) is 4.91. The van der Waals surface area contributed by atoms with Gasteiger partial charge in [0.15, 0.2) is 0 Å². The third-order valence-electron chi connectivity index (χ3n) is 3.66. The number of hydrogen-bond acceptors (Lipinski definition) is 4. The molecule has 0 aliphatic carbocycles. The van der Waals surface area contributed by atoms with Crippen molar-refractivity contribution in [3.8, 4) is 5.75 Å². The largest absolute Gasteiger partial charge is 0.492 e. The lowest BCUT2D eigenvalue weighted by Crippen LogP contribution is -2.28. The maximum absolute atomic E-state index is 13.6. The van der Waals surface area contributed by atoms with Gasteiger partial charge >= 0.3 is 0 Å². The first-order valence-electron chi connectivity index (χ1n) is 8.16. The van der Waals surface area contributed by atoms with Crippen LogP contribution in [0, 0.1) is 15.2 Å². The van der Waals surface area contributed by atoms with Gasteiger partial charge in [0.1, 0.15) is 29.7 Å². The van der Waals surface area contributed by atoms with Crippen molar-refractivity contribution in [2.75, 3.05) is 11.9 Å². The van der Waals surface area contributed by atoms with Gasteiger partial charge in [0.2, 0.25) is 0 Å². The Morgan fingerprint density at radius 1 is 1.11 bits per heavy atom. The lowest BCUT2D eigenvalue weighted by Gasteiger charge is -2.10. The molecule has 0 aliphatic heterocycles. The Kier molecular flexibility index (Phi) is 6.34. The van der Waals surface area contributed by atoms with Gasteiger partial charge < -0.3 is 10.1 Å². The van der Waals surface area contributed by atoms with Crippen LogP contribution in [-0.4, -0.2) is 22.3 Å². The van der Waals surface area contributed by atoms with E-state index in [1.165, 1.54) is 34.7 Å². The van der Waals surface area contributed by atoms with Gasteiger partial charge in [-0.1, -0.05) is 18.2 Å². The number of carbonyl (C=O) groups is 1. The topological polar surface area (TPSA) is 73.2 Å². The van der Waals surface area contributed by atoms with E-state index in [4.69, 9.17) is 4.74 Å². The van der Waals surface area contributed by atoms with Gasteiger partial charge in [-0.25, -0.2) is 13.5 Å². The van der Waals surface area contributed by atoms with Crippen LogP contribution in [0.15, 0.2) is 59.4 Å². The van der Waals surface area contributed by atoms with Gasteiger partial charge in [0.25, 0.3) is 11.5 Å². The molecule has 3 rings (SSSR count). The molecule has 1 amide bonds. The minimum atomic E-state index is -0.785. The molecule has 0 spiro atoms. The minimum absolute atomic E-state index is 0.0487. The molecule has 0 bridgehead atoms. The Morgan fingerprint density at radius 2 is 1.79 bits per heavy atom. The number of carbonyl (C=O) groups excluding carboxylic acids is 1. The van der Waals surface area contributed by atoms with E-state index in [2.05, 4.69) is 10.4 Å². The lowest BCUT2D eigenvalue weighted by atomic mass is 10.3. The molecule has 2 aromatic carbocycles. The number of benzene rings is 2. The summed E-state index contributed by atoms with van der Waals surface area (Å²) in [4.78, 5) is 24.2. The number of hydrogen-bond donors (Lipinski definition) is 1. The molecule has 0 atom stereocenters.